The molecule has 12 nitrogen and oxygen atoms in total. The van der Waals surface area contributed by atoms with Crippen molar-refractivity contribution in [3.8, 4) is 0 Å². The summed E-state index contributed by atoms with van der Waals surface area (Å²) in [6.07, 6.45) is 57.7. The molecule has 6 atom stereocenters. The Morgan fingerprint density at radius 2 is 0.818 bits per heavy atom. The minimum Gasteiger partial charge on any atom is -0.479 e. The molecule has 0 radical (unpaired) electrons. The number of aliphatic hydroxyl groups excluding tert-OH is 2. The Labute approximate surface area is 465 Å². The Hall–Kier alpha value is -4.62. The summed E-state index contributed by atoms with van der Waals surface area (Å²) in [6, 6.07) is 0. The van der Waals surface area contributed by atoms with Crippen LogP contribution in [0.15, 0.2) is 109 Å². The smallest absolute Gasteiger partial charge is 0.335 e. The highest BCUT2D eigenvalue weighted by Crippen LogP contribution is 2.26. The first-order valence-corrected chi connectivity index (χ1v) is 29.9. The van der Waals surface area contributed by atoms with Crippen LogP contribution in [0, 0.1) is 0 Å². The number of aliphatic carboxylic acids is 1. The monoisotopic (exact) mass is 1080 g/mol. The van der Waals surface area contributed by atoms with Crippen molar-refractivity contribution in [3.63, 3.8) is 0 Å². The summed E-state index contributed by atoms with van der Waals surface area (Å²) in [7, 11) is 0. The maximum absolute atomic E-state index is 13.1. The molecule has 436 valence electrons. The third kappa shape index (κ3) is 42.1. The molecule has 0 spiro atoms. The molecule has 1 aliphatic rings. The van der Waals surface area contributed by atoms with Crippen molar-refractivity contribution in [1.82, 2.24) is 0 Å². The Bertz CT molecular complexity index is 1750. The van der Waals surface area contributed by atoms with Crippen LogP contribution in [0.5, 0.6) is 0 Å². The van der Waals surface area contributed by atoms with Crippen molar-refractivity contribution in [2.24, 2.45) is 0 Å². The molecule has 0 saturated carbocycles. The molecule has 0 bridgehead atoms. The highest BCUT2D eigenvalue weighted by Gasteiger charge is 2.50. The molecule has 0 aliphatic carbocycles. The second kappa shape index (κ2) is 52.1. The average Bonchev–Trinajstić information content (AvgIpc) is 3.42. The molecule has 6 unspecified atom stereocenters. The van der Waals surface area contributed by atoms with Gasteiger partial charge in [-0.3, -0.25) is 14.4 Å². The molecule has 12 heteroatoms. The fourth-order valence-electron chi connectivity index (χ4n) is 8.28. The number of esters is 3. The zero-order chi connectivity index (χ0) is 56.1. The summed E-state index contributed by atoms with van der Waals surface area (Å²) < 4.78 is 28.4. The van der Waals surface area contributed by atoms with E-state index in [9.17, 15) is 34.5 Å². The van der Waals surface area contributed by atoms with E-state index >= 15 is 0 Å². The van der Waals surface area contributed by atoms with Crippen LogP contribution in [0.2, 0.25) is 0 Å². The van der Waals surface area contributed by atoms with Gasteiger partial charge in [0.05, 0.1) is 6.61 Å². The third-order valence-corrected chi connectivity index (χ3v) is 12.8. The maximum Gasteiger partial charge on any atom is 0.335 e. The molecule has 1 aliphatic heterocycles. The van der Waals surface area contributed by atoms with E-state index in [1.165, 1.54) is 19.3 Å². The van der Waals surface area contributed by atoms with Crippen LogP contribution in [-0.2, 0) is 42.9 Å². The standard InChI is InChI=1S/C65H104O12/c1-4-7-10-13-16-19-22-25-27-29-31-34-36-39-42-45-48-51-57(66)73-54-56(75-58(67)52-49-46-43-40-37-33-24-21-18-15-12-9-6-3)55-74-65-63(61(70)60(69)62(77-65)64(71)72)76-59(68)53-50-47-44-41-38-35-32-30-28-26-23-20-17-14-11-8-5-2/h7,9-10,12,16-21,25-28,31,33-34,37,56,60-63,65,69-70H,4-6,8,11,13-15,22-24,29-30,32,35-36,38-55H2,1-3H3,(H,71,72)/b10-7-,12-9-,19-16-,20-17-,21-18-,27-25-,28-26-,34-31-,37-33-. The number of carbonyl (C=O) groups is 4. The summed E-state index contributed by atoms with van der Waals surface area (Å²) in [5.74, 6) is -3.21. The normalized spacial score (nSPS) is 18.8. The number of carboxylic acid groups (broad SMARTS) is 1. The van der Waals surface area contributed by atoms with Gasteiger partial charge in [-0.25, -0.2) is 4.79 Å². The van der Waals surface area contributed by atoms with Crippen LogP contribution in [-0.4, -0.2) is 89.2 Å². The van der Waals surface area contributed by atoms with Gasteiger partial charge < -0.3 is 39.0 Å². The molecule has 1 saturated heterocycles. The van der Waals surface area contributed by atoms with E-state index in [0.29, 0.717) is 19.3 Å². The van der Waals surface area contributed by atoms with Crippen molar-refractivity contribution < 1.29 is 58.2 Å². The summed E-state index contributed by atoms with van der Waals surface area (Å²) >= 11 is 0. The van der Waals surface area contributed by atoms with Gasteiger partial charge in [-0.15, -0.1) is 0 Å². The number of ether oxygens (including phenoxy) is 5. The number of carbonyl (C=O) groups excluding carboxylic acids is 3. The second-order valence-corrected chi connectivity index (χ2v) is 19.9. The van der Waals surface area contributed by atoms with E-state index in [0.717, 1.165) is 148 Å². The summed E-state index contributed by atoms with van der Waals surface area (Å²) in [6.45, 7) is 5.68. The van der Waals surface area contributed by atoms with Gasteiger partial charge in [0.2, 0.25) is 0 Å². The molecular weight excluding hydrogens is 973 g/mol. The quantitative estimate of drug-likeness (QED) is 0.0228. The van der Waals surface area contributed by atoms with Gasteiger partial charge in [-0.05, 0) is 122 Å². The molecule has 1 fully saturated rings. The van der Waals surface area contributed by atoms with Gasteiger partial charge in [0, 0.05) is 19.3 Å². The molecular formula is C65H104O12. The van der Waals surface area contributed by atoms with E-state index in [1.54, 1.807) is 0 Å². The van der Waals surface area contributed by atoms with Crippen molar-refractivity contribution in [3.05, 3.63) is 109 Å². The fraction of sp³-hybridized carbons (Fsp3) is 0.662. The number of unbranched alkanes of at least 4 members (excludes halogenated alkanes) is 17. The zero-order valence-electron chi connectivity index (χ0n) is 47.9. The lowest BCUT2D eigenvalue weighted by atomic mass is 9.98. The first-order chi connectivity index (χ1) is 37.6. The van der Waals surface area contributed by atoms with E-state index in [4.69, 9.17) is 23.7 Å². The lowest BCUT2D eigenvalue weighted by molar-refractivity contribution is -0.301. The van der Waals surface area contributed by atoms with Crippen molar-refractivity contribution in [2.75, 3.05) is 13.2 Å². The summed E-state index contributed by atoms with van der Waals surface area (Å²) in [5.41, 5.74) is 0. The van der Waals surface area contributed by atoms with Gasteiger partial charge in [0.25, 0.3) is 0 Å². The van der Waals surface area contributed by atoms with Crippen LogP contribution in [0.1, 0.15) is 226 Å². The highest BCUT2D eigenvalue weighted by atomic mass is 16.7. The Kier molecular flexibility index (Phi) is 47.6. The van der Waals surface area contributed by atoms with Gasteiger partial charge in [-0.1, -0.05) is 194 Å². The first kappa shape index (κ1) is 70.4. The maximum atomic E-state index is 13.1. The molecule has 0 aromatic carbocycles. The molecule has 3 N–H and O–H groups in total. The molecule has 77 heavy (non-hydrogen) atoms. The van der Waals surface area contributed by atoms with E-state index in [-0.39, 0.29) is 25.9 Å². The summed E-state index contributed by atoms with van der Waals surface area (Å²) in [4.78, 5) is 51.1. The van der Waals surface area contributed by atoms with Crippen molar-refractivity contribution >= 4 is 23.9 Å². The minimum atomic E-state index is -1.92. The lowest BCUT2D eigenvalue weighted by Gasteiger charge is -2.40. The van der Waals surface area contributed by atoms with Crippen LogP contribution in [0.3, 0.4) is 0 Å². The van der Waals surface area contributed by atoms with Crippen LogP contribution >= 0.6 is 0 Å². The van der Waals surface area contributed by atoms with Gasteiger partial charge >= 0.3 is 23.9 Å². The minimum absolute atomic E-state index is 0.0402. The third-order valence-electron chi connectivity index (χ3n) is 12.8. The summed E-state index contributed by atoms with van der Waals surface area (Å²) in [5, 5.41) is 31.5. The topological polar surface area (TPSA) is 175 Å². The van der Waals surface area contributed by atoms with Crippen LogP contribution < -0.4 is 0 Å². The predicted octanol–water partition coefficient (Wildman–Crippen LogP) is 15.4. The number of hydrogen-bond acceptors (Lipinski definition) is 11. The predicted molar refractivity (Wildman–Crippen MR) is 312 cm³/mol. The SMILES string of the molecule is CC/C=C\C/C=C\C/C=C\C/C=C\CCCCCCC(=O)OCC(COC1OC(C(=O)O)C(O)C(O)C1OC(=O)CCCCCCCCC/C=C\C/C=C\CCCCC)OC(=O)CCCCC/C=C\C/C=C\C/C=C\CC. The first-order valence-electron chi connectivity index (χ1n) is 29.9. The number of allylic oxidation sites excluding steroid dienone is 18. The van der Waals surface area contributed by atoms with E-state index in [2.05, 4.69) is 130 Å². The number of hydrogen-bond donors (Lipinski definition) is 3. The van der Waals surface area contributed by atoms with Crippen molar-refractivity contribution in [2.45, 2.75) is 263 Å². The van der Waals surface area contributed by atoms with E-state index in [1.807, 2.05) is 0 Å². The number of aliphatic hydroxyl groups is 2. The largest absolute Gasteiger partial charge is 0.479 e. The molecule has 0 aromatic rings. The number of carboxylic acids is 1. The fourth-order valence-corrected chi connectivity index (χ4v) is 8.28. The number of rotatable bonds is 49. The zero-order valence-corrected chi connectivity index (χ0v) is 47.9. The van der Waals surface area contributed by atoms with E-state index < -0.39 is 67.3 Å². The van der Waals surface area contributed by atoms with Gasteiger partial charge in [0.15, 0.2) is 24.6 Å². The molecule has 0 aromatic heterocycles. The van der Waals surface area contributed by atoms with Crippen molar-refractivity contribution in [1.29, 1.82) is 0 Å². The molecule has 1 rings (SSSR count). The molecule has 0 amide bonds. The van der Waals surface area contributed by atoms with Crippen LogP contribution in [0.25, 0.3) is 0 Å². The highest BCUT2D eigenvalue weighted by molar-refractivity contribution is 5.74. The van der Waals surface area contributed by atoms with Crippen LogP contribution in [0.4, 0.5) is 0 Å². The molecule has 1 heterocycles. The Balaban J connectivity index is 2.72. The lowest BCUT2D eigenvalue weighted by Crippen LogP contribution is -2.61. The Morgan fingerprint density at radius 1 is 0.442 bits per heavy atom. The van der Waals surface area contributed by atoms with Gasteiger partial charge in [0.1, 0.15) is 18.8 Å². The Morgan fingerprint density at radius 3 is 1.26 bits per heavy atom. The van der Waals surface area contributed by atoms with Gasteiger partial charge in [-0.2, -0.15) is 0 Å². The second-order valence-electron chi connectivity index (χ2n) is 19.9. The average molecular weight is 1080 g/mol.